The number of rotatable bonds is 7. The number of ether oxygens (including phenoxy) is 1. The zero-order valence-electron chi connectivity index (χ0n) is 14.5. The smallest absolute Gasteiger partial charge is 0.234 e. The molecule has 1 aromatic carbocycles. The summed E-state index contributed by atoms with van der Waals surface area (Å²) in [6.45, 7) is 6.14. The maximum absolute atomic E-state index is 12.1. The molecule has 5 heteroatoms. The Kier molecular flexibility index (Phi) is 6.49. The third-order valence-electron chi connectivity index (χ3n) is 4.97. The summed E-state index contributed by atoms with van der Waals surface area (Å²) in [5.41, 5.74) is 0. The van der Waals surface area contributed by atoms with Crippen molar-refractivity contribution in [2.24, 2.45) is 0 Å². The van der Waals surface area contributed by atoms with Crippen LogP contribution in [0, 0.1) is 0 Å². The van der Waals surface area contributed by atoms with Crippen molar-refractivity contribution in [1.29, 1.82) is 0 Å². The van der Waals surface area contributed by atoms with Gasteiger partial charge in [-0.15, -0.1) is 0 Å². The number of benzene rings is 1. The van der Waals surface area contributed by atoms with Gasteiger partial charge in [-0.3, -0.25) is 14.6 Å². The molecular weight excluding hydrogens is 302 g/mol. The van der Waals surface area contributed by atoms with Crippen LogP contribution in [0.5, 0.6) is 5.75 Å². The number of hydrogen-bond donors (Lipinski definition) is 1. The zero-order valence-corrected chi connectivity index (χ0v) is 14.5. The van der Waals surface area contributed by atoms with E-state index in [0.29, 0.717) is 19.2 Å². The van der Waals surface area contributed by atoms with Crippen molar-refractivity contribution in [2.75, 3.05) is 45.9 Å². The quantitative estimate of drug-likeness (QED) is 0.827. The molecule has 2 fully saturated rings. The van der Waals surface area contributed by atoms with Gasteiger partial charge in [0.2, 0.25) is 5.91 Å². The maximum atomic E-state index is 12.1. The zero-order chi connectivity index (χ0) is 16.6. The molecule has 1 saturated heterocycles. The van der Waals surface area contributed by atoms with Crippen molar-refractivity contribution in [2.45, 2.75) is 31.7 Å². The predicted octanol–water partition coefficient (Wildman–Crippen LogP) is 1.74. The molecule has 1 amide bonds. The van der Waals surface area contributed by atoms with E-state index < -0.39 is 0 Å². The highest BCUT2D eigenvalue weighted by Gasteiger charge is 2.21. The van der Waals surface area contributed by atoms with E-state index in [0.717, 1.165) is 51.3 Å². The van der Waals surface area contributed by atoms with Gasteiger partial charge in [0.15, 0.2) is 0 Å². The van der Waals surface area contributed by atoms with Crippen LogP contribution in [-0.4, -0.2) is 67.6 Å². The van der Waals surface area contributed by atoms with Crippen LogP contribution >= 0.6 is 0 Å². The van der Waals surface area contributed by atoms with Crippen molar-refractivity contribution in [3.05, 3.63) is 30.3 Å². The van der Waals surface area contributed by atoms with Crippen molar-refractivity contribution in [1.82, 2.24) is 15.1 Å². The van der Waals surface area contributed by atoms with Gasteiger partial charge in [0.25, 0.3) is 0 Å². The fourth-order valence-corrected chi connectivity index (χ4v) is 3.53. The molecule has 1 aromatic rings. The fourth-order valence-electron chi connectivity index (χ4n) is 3.53. The predicted molar refractivity (Wildman–Crippen MR) is 95.2 cm³/mol. The Balaban J connectivity index is 1.28. The molecule has 0 bridgehead atoms. The first-order valence-corrected chi connectivity index (χ1v) is 9.21. The molecule has 0 aromatic heterocycles. The lowest BCUT2D eigenvalue weighted by molar-refractivity contribution is -0.123. The van der Waals surface area contributed by atoms with Gasteiger partial charge in [0, 0.05) is 38.8 Å². The highest BCUT2D eigenvalue weighted by Crippen LogP contribution is 2.17. The van der Waals surface area contributed by atoms with Crippen LogP contribution in [0.4, 0.5) is 0 Å². The molecule has 24 heavy (non-hydrogen) atoms. The van der Waals surface area contributed by atoms with Gasteiger partial charge in [-0.25, -0.2) is 0 Å². The highest BCUT2D eigenvalue weighted by molar-refractivity contribution is 5.78. The number of carbonyl (C=O) groups excluding carboxylic acids is 1. The van der Waals surface area contributed by atoms with E-state index in [1.807, 2.05) is 30.3 Å². The summed E-state index contributed by atoms with van der Waals surface area (Å²) < 4.78 is 5.76. The van der Waals surface area contributed by atoms with Gasteiger partial charge < -0.3 is 10.1 Å². The monoisotopic (exact) mass is 331 g/mol. The molecule has 2 aliphatic rings. The minimum absolute atomic E-state index is 0.197. The molecule has 0 unspecified atom stereocenters. The first kappa shape index (κ1) is 17.2. The molecule has 1 heterocycles. The summed E-state index contributed by atoms with van der Waals surface area (Å²) in [5, 5.41) is 3.18. The third kappa shape index (κ3) is 5.49. The van der Waals surface area contributed by atoms with E-state index in [-0.39, 0.29) is 5.91 Å². The van der Waals surface area contributed by atoms with Gasteiger partial charge in [0.05, 0.1) is 6.54 Å². The molecule has 1 N–H and O–H groups in total. The number of piperazine rings is 1. The number of hydrogen-bond acceptors (Lipinski definition) is 4. The Labute approximate surface area is 145 Å². The van der Waals surface area contributed by atoms with E-state index in [1.54, 1.807) is 0 Å². The third-order valence-corrected chi connectivity index (χ3v) is 4.97. The first-order chi connectivity index (χ1) is 11.8. The van der Waals surface area contributed by atoms with Crippen LogP contribution in [0.25, 0.3) is 0 Å². The summed E-state index contributed by atoms with van der Waals surface area (Å²) in [7, 11) is 0. The number of amides is 1. The second-order valence-corrected chi connectivity index (χ2v) is 6.83. The highest BCUT2D eigenvalue weighted by atomic mass is 16.5. The molecule has 1 saturated carbocycles. The fraction of sp³-hybridized carbons (Fsp3) is 0.632. The Hall–Kier alpha value is -1.59. The van der Waals surface area contributed by atoms with E-state index >= 15 is 0 Å². The molecule has 0 radical (unpaired) electrons. The molecule has 0 atom stereocenters. The van der Waals surface area contributed by atoms with Gasteiger partial charge in [-0.05, 0) is 25.0 Å². The maximum Gasteiger partial charge on any atom is 0.234 e. The minimum atomic E-state index is 0.197. The van der Waals surface area contributed by atoms with Crippen molar-refractivity contribution in [3.8, 4) is 5.75 Å². The summed E-state index contributed by atoms with van der Waals surface area (Å²) in [6, 6.07) is 10.4. The van der Waals surface area contributed by atoms with E-state index in [2.05, 4.69) is 15.1 Å². The molecule has 3 rings (SSSR count). The Bertz CT molecular complexity index is 495. The van der Waals surface area contributed by atoms with Gasteiger partial charge in [0.1, 0.15) is 12.4 Å². The SMILES string of the molecule is O=C(CN1CCN(CCOc2ccccc2)CC1)NC1CCCC1. The van der Waals surface area contributed by atoms with Gasteiger partial charge >= 0.3 is 0 Å². The van der Waals surface area contributed by atoms with E-state index in [1.165, 1.54) is 12.8 Å². The number of carbonyl (C=O) groups is 1. The van der Waals surface area contributed by atoms with Crippen molar-refractivity contribution < 1.29 is 9.53 Å². The Morgan fingerprint density at radius 2 is 1.71 bits per heavy atom. The van der Waals surface area contributed by atoms with Gasteiger partial charge in [-0.2, -0.15) is 0 Å². The first-order valence-electron chi connectivity index (χ1n) is 9.21. The largest absolute Gasteiger partial charge is 0.492 e. The van der Waals surface area contributed by atoms with Crippen LogP contribution in [-0.2, 0) is 4.79 Å². The second-order valence-electron chi connectivity index (χ2n) is 6.83. The number of nitrogens with one attached hydrogen (secondary N) is 1. The van der Waals surface area contributed by atoms with Gasteiger partial charge in [-0.1, -0.05) is 31.0 Å². The normalized spacial score (nSPS) is 20.2. The summed E-state index contributed by atoms with van der Waals surface area (Å²) >= 11 is 0. The topological polar surface area (TPSA) is 44.8 Å². The summed E-state index contributed by atoms with van der Waals surface area (Å²) in [4.78, 5) is 16.8. The average Bonchev–Trinajstić information content (AvgIpc) is 3.10. The van der Waals surface area contributed by atoms with Crippen LogP contribution < -0.4 is 10.1 Å². The minimum Gasteiger partial charge on any atom is -0.492 e. The van der Waals surface area contributed by atoms with Crippen LogP contribution in [0.1, 0.15) is 25.7 Å². The molecule has 1 aliphatic heterocycles. The van der Waals surface area contributed by atoms with E-state index in [4.69, 9.17) is 4.74 Å². The molecule has 132 valence electrons. The molecule has 5 nitrogen and oxygen atoms in total. The molecule has 0 spiro atoms. The Morgan fingerprint density at radius 1 is 1.04 bits per heavy atom. The summed E-state index contributed by atoms with van der Waals surface area (Å²) in [5.74, 6) is 1.13. The van der Waals surface area contributed by atoms with Crippen molar-refractivity contribution >= 4 is 5.91 Å². The number of nitrogens with zero attached hydrogens (tertiary/aromatic N) is 2. The van der Waals surface area contributed by atoms with Crippen molar-refractivity contribution in [3.63, 3.8) is 0 Å². The van der Waals surface area contributed by atoms with Crippen LogP contribution in [0.15, 0.2) is 30.3 Å². The van der Waals surface area contributed by atoms with E-state index in [9.17, 15) is 4.79 Å². The lowest BCUT2D eigenvalue weighted by atomic mass is 10.2. The van der Waals surface area contributed by atoms with Crippen LogP contribution in [0.2, 0.25) is 0 Å². The standard InChI is InChI=1S/C19H29N3O2/c23-19(20-17-6-4-5-7-17)16-22-12-10-21(11-13-22)14-15-24-18-8-2-1-3-9-18/h1-3,8-9,17H,4-7,10-16H2,(H,20,23). The average molecular weight is 331 g/mol. The lowest BCUT2D eigenvalue weighted by Gasteiger charge is -2.34. The summed E-state index contributed by atoms with van der Waals surface area (Å²) in [6.07, 6.45) is 4.82. The number of para-hydroxylation sites is 1. The molecular formula is C19H29N3O2. The lowest BCUT2D eigenvalue weighted by Crippen LogP contribution is -2.50. The molecule has 1 aliphatic carbocycles. The second kappa shape index (κ2) is 9.04. The Morgan fingerprint density at radius 3 is 2.42 bits per heavy atom. The van der Waals surface area contributed by atoms with Crippen LogP contribution in [0.3, 0.4) is 0 Å².